The molecule has 0 atom stereocenters. The van der Waals surface area contributed by atoms with Crippen LogP contribution in [0.5, 0.6) is 0 Å². The number of benzene rings is 1. The second-order valence-corrected chi connectivity index (χ2v) is 3.65. The molecular weight excluding hydrogens is 243 g/mol. The fourth-order valence-corrected chi connectivity index (χ4v) is 1.55. The van der Waals surface area contributed by atoms with Gasteiger partial charge in [0.2, 0.25) is 0 Å². The molecule has 0 N–H and O–H groups in total. The molecule has 1 aromatic heterocycles. The van der Waals surface area contributed by atoms with Crippen LogP contribution >= 0.6 is 0 Å². The molecule has 0 saturated heterocycles. The zero-order valence-electron chi connectivity index (χ0n) is 9.11. The Morgan fingerprint density at radius 3 is 2.22 bits per heavy atom. The zero-order chi connectivity index (χ0) is 13.2. The molecule has 0 saturated carbocycles. The number of aldehydes is 1. The first kappa shape index (κ1) is 12.3. The molecule has 0 fully saturated rings. The number of aromatic nitrogens is 1. The van der Waals surface area contributed by atoms with Gasteiger partial charge in [-0.15, -0.1) is 0 Å². The Labute approximate surface area is 101 Å². The molecule has 2 rings (SSSR count). The summed E-state index contributed by atoms with van der Waals surface area (Å²) >= 11 is 0. The highest BCUT2D eigenvalue weighted by Crippen LogP contribution is 2.31. The highest BCUT2D eigenvalue weighted by molar-refractivity contribution is 5.76. The second-order valence-electron chi connectivity index (χ2n) is 3.65. The van der Waals surface area contributed by atoms with E-state index in [4.69, 9.17) is 0 Å². The van der Waals surface area contributed by atoms with E-state index in [1.54, 1.807) is 30.3 Å². The van der Waals surface area contributed by atoms with Gasteiger partial charge in [-0.3, -0.25) is 4.79 Å². The predicted molar refractivity (Wildman–Crippen MR) is 60.1 cm³/mol. The van der Waals surface area contributed by atoms with Crippen molar-refractivity contribution in [1.29, 1.82) is 0 Å². The van der Waals surface area contributed by atoms with Crippen molar-refractivity contribution in [3.63, 3.8) is 0 Å². The molecular formula is C13H8F3NO. The van der Waals surface area contributed by atoms with Gasteiger partial charge in [0.15, 0.2) is 6.29 Å². The summed E-state index contributed by atoms with van der Waals surface area (Å²) in [5.74, 6) is 0. The molecule has 1 heterocycles. The van der Waals surface area contributed by atoms with E-state index in [1.807, 2.05) is 0 Å². The van der Waals surface area contributed by atoms with Gasteiger partial charge in [0.25, 0.3) is 0 Å². The van der Waals surface area contributed by atoms with Gasteiger partial charge in [-0.1, -0.05) is 30.3 Å². The van der Waals surface area contributed by atoms with Gasteiger partial charge >= 0.3 is 6.18 Å². The van der Waals surface area contributed by atoms with Crippen LogP contribution in [0.4, 0.5) is 13.2 Å². The largest absolute Gasteiger partial charge is 0.433 e. The monoisotopic (exact) mass is 251 g/mol. The Balaban J connectivity index is 2.58. The van der Waals surface area contributed by atoms with Crippen molar-refractivity contribution in [1.82, 2.24) is 4.98 Å². The normalized spacial score (nSPS) is 11.3. The SMILES string of the molecule is O=Cc1cc(-c2ccccc2)cc(C(F)(F)F)n1. The maximum atomic E-state index is 12.6. The third kappa shape index (κ3) is 2.56. The molecule has 0 aliphatic rings. The quantitative estimate of drug-likeness (QED) is 0.763. The Kier molecular flexibility index (Phi) is 3.14. The fourth-order valence-electron chi connectivity index (χ4n) is 1.55. The summed E-state index contributed by atoms with van der Waals surface area (Å²) in [4.78, 5) is 13.9. The highest BCUT2D eigenvalue weighted by Gasteiger charge is 2.33. The van der Waals surface area contributed by atoms with Crippen molar-refractivity contribution in [3.05, 3.63) is 53.9 Å². The third-order valence-electron chi connectivity index (χ3n) is 2.36. The minimum Gasteiger partial charge on any atom is -0.296 e. The number of nitrogens with zero attached hydrogens (tertiary/aromatic N) is 1. The van der Waals surface area contributed by atoms with Crippen molar-refractivity contribution in [3.8, 4) is 11.1 Å². The molecule has 2 aromatic rings. The van der Waals surface area contributed by atoms with E-state index < -0.39 is 11.9 Å². The van der Waals surface area contributed by atoms with Crippen molar-refractivity contribution in [2.45, 2.75) is 6.18 Å². The van der Waals surface area contributed by atoms with Crippen molar-refractivity contribution in [2.75, 3.05) is 0 Å². The molecule has 0 aliphatic carbocycles. The van der Waals surface area contributed by atoms with Crippen molar-refractivity contribution < 1.29 is 18.0 Å². The van der Waals surface area contributed by atoms with Gasteiger partial charge in [0, 0.05) is 0 Å². The molecule has 0 bridgehead atoms. The molecule has 0 unspecified atom stereocenters. The third-order valence-corrected chi connectivity index (χ3v) is 2.36. The van der Waals surface area contributed by atoms with Gasteiger partial charge in [-0.05, 0) is 23.3 Å². The highest BCUT2D eigenvalue weighted by atomic mass is 19.4. The second kappa shape index (κ2) is 4.60. The fraction of sp³-hybridized carbons (Fsp3) is 0.0769. The lowest BCUT2D eigenvalue weighted by molar-refractivity contribution is -0.141. The molecule has 18 heavy (non-hydrogen) atoms. The summed E-state index contributed by atoms with van der Waals surface area (Å²) in [5, 5.41) is 0. The van der Waals surface area contributed by atoms with E-state index in [2.05, 4.69) is 4.98 Å². The topological polar surface area (TPSA) is 30.0 Å². The van der Waals surface area contributed by atoms with Gasteiger partial charge < -0.3 is 0 Å². The molecule has 92 valence electrons. The van der Waals surface area contributed by atoms with Crippen molar-refractivity contribution >= 4 is 6.29 Å². The standard InChI is InChI=1S/C13H8F3NO/c14-13(15,16)12-7-10(6-11(8-18)17-12)9-4-2-1-3-5-9/h1-8H. The Bertz CT molecular complexity index is 564. The van der Waals surface area contributed by atoms with E-state index in [1.165, 1.54) is 6.07 Å². The number of hydrogen-bond donors (Lipinski definition) is 0. The maximum absolute atomic E-state index is 12.6. The Morgan fingerprint density at radius 1 is 1.00 bits per heavy atom. The minimum atomic E-state index is -4.57. The van der Waals surface area contributed by atoms with E-state index in [0.717, 1.165) is 6.07 Å². The van der Waals surface area contributed by atoms with Crippen LogP contribution in [0, 0.1) is 0 Å². The van der Waals surface area contributed by atoms with Crippen molar-refractivity contribution in [2.24, 2.45) is 0 Å². The van der Waals surface area contributed by atoms with Crippen LogP contribution in [-0.2, 0) is 6.18 Å². The molecule has 1 aromatic carbocycles. The van der Waals surface area contributed by atoms with Gasteiger partial charge in [-0.25, -0.2) is 4.98 Å². The van der Waals surface area contributed by atoms with E-state index in [0.29, 0.717) is 17.4 Å². The van der Waals surface area contributed by atoms with Gasteiger partial charge in [0.05, 0.1) is 0 Å². The molecule has 0 amide bonds. The summed E-state index contributed by atoms with van der Waals surface area (Å²) in [6.45, 7) is 0. The van der Waals surface area contributed by atoms with Gasteiger partial charge in [0.1, 0.15) is 11.4 Å². The van der Waals surface area contributed by atoms with E-state index in [-0.39, 0.29) is 5.69 Å². The molecule has 5 heteroatoms. The number of carbonyl (C=O) groups is 1. The lowest BCUT2D eigenvalue weighted by Gasteiger charge is -2.09. The first-order chi connectivity index (χ1) is 8.50. The van der Waals surface area contributed by atoms with Gasteiger partial charge in [-0.2, -0.15) is 13.2 Å². The number of hydrogen-bond acceptors (Lipinski definition) is 2. The van der Waals surface area contributed by atoms with Crippen LogP contribution < -0.4 is 0 Å². The lowest BCUT2D eigenvalue weighted by atomic mass is 10.0. The first-order valence-electron chi connectivity index (χ1n) is 5.10. The molecule has 0 aliphatic heterocycles. The van der Waals surface area contributed by atoms with E-state index >= 15 is 0 Å². The molecule has 0 radical (unpaired) electrons. The van der Waals surface area contributed by atoms with Crippen LogP contribution in [-0.4, -0.2) is 11.3 Å². The number of alkyl halides is 3. The first-order valence-corrected chi connectivity index (χ1v) is 5.10. The Morgan fingerprint density at radius 2 is 1.67 bits per heavy atom. The maximum Gasteiger partial charge on any atom is 0.433 e. The average molecular weight is 251 g/mol. The smallest absolute Gasteiger partial charge is 0.296 e. The zero-order valence-corrected chi connectivity index (χ0v) is 9.11. The summed E-state index contributed by atoms with van der Waals surface area (Å²) in [6.07, 6.45) is -4.26. The molecule has 0 spiro atoms. The van der Waals surface area contributed by atoms with E-state index in [9.17, 15) is 18.0 Å². The van der Waals surface area contributed by atoms with Crippen LogP contribution in [0.2, 0.25) is 0 Å². The summed E-state index contributed by atoms with van der Waals surface area (Å²) < 4.78 is 37.9. The minimum absolute atomic E-state index is 0.233. The lowest BCUT2D eigenvalue weighted by Crippen LogP contribution is -2.09. The average Bonchev–Trinajstić information content (AvgIpc) is 2.38. The Hall–Kier alpha value is -2.17. The number of carbonyl (C=O) groups excluding carboxylic acids is 1. The molecule has 2 nitrogen and oxygen atoms in total. The summed E-state index contributed by atoms with van der Waals surface area (Å²) in [5.41, 5.74) is -0.372. The van der Waals surface area contributed by atoms with Crippen LogP contribution in [0.3, 0.4) is 0 Å². The number of rotatable bonds is 2. The number of pyridine rings is 1. The number of halogens is 3. The summed E-state index contributed by atoms with van der Waals surface area (Å²) in [7, 11) is 0. The predicted octanol–water partition coefficient (Wildman–Crippen LogP) is 3.58. The van der Waals surface area contributed by atoms with Crippen LogP contribution in [0.1, 0.15) is 16.2 Å². The van der Waals surface area contributed by atoms with Crippen LogP contribution in [0.15, 0.2) is 42.5 Å². The van der Waals surface area contributed by atoms with Crippen LogP contribution in [0.25, 0.3) is 11.1 Å². The summed E-state index contributed by atoms with van der Waals surface area (Å²) in [6, 6.07) is 10.8.